The maximum absolute atomic E-state index is 12.1. The van der Waals surface area contributed by atoms with Crippen LogP contribution in [0.2, 0.25) is 0 Å². The molecule has 0 bridgehead atoms. The highest BCUT2D eigenvalue weighted by Crippen LogP contribution is 2.12. The van der Waals surface area contributed by atoms with Crippen molar-refractivity contribution in [2.24, 2.45) is 0 Å². The molecule has 0 aliphatic heterocycles. The highest BCUT2D eigenvalue weighted by molar-refractivity contribution is 4.48. The lowest BCUT2D eigenvalue weighted by Crippen LogP contribution is -2.25. The molecular weight excluding hydrogens is 247 g/mol. The van der Waals surface area contributed by atoms with E-state index in [4.69, 9.17) is 10.2 Å². The molecule has 0 radical (unpaired) electrons. The zero-order chi connectivity index (χ0) is 14.4. The maximum Gasteiger partial charge on any atom is 0.443 e. The number of rotatable bonds is 14. The van der Waals surface area contributed by atoms with Crippen LogP contribution in [0.3, 0.4) is 0 Å². The molecule has 0 heterocycles. The van der Waals surface area contributed by atoms with Crippen LogP contribution in [0.25, 0.3) is 0 Å². The standard InChI is InChI=1S/C15H31FO3/c1-2-3-4-5-6-7-8-9-10-11-12-13-14-19-15(16,17)18/h17-18H,2-14H2,1H3. The summed E-state index contributed by atoms with van der Waals surface area (Å²) in [4.78, 5) is 0. The van der Waals surface area contributed by atoms with Crippen molar-refractivity contribution in [1.29, 1.82) is 0 Å². The van der Waals surface area contributed by atoms with Crippen molar-refractivity contribution < 1.29 is 19.3 Å². The van der Waals surface area contributed by atoms with Crippen molar-refractivity contribution in [3.8, 4) is 0 Å². The second-order valence-corrected chi connectivity index (χ2v) is 5.27. The van der Waals surface area contributed by atoms with E-state index in [0.717, 1.165) is 12.8 Å². The largest absolute Gasteiger partial charge is 0.443 e. The monoisotopic (exact) mass is 278 g/mol. The third-order valence-electron chi connectivity index (χ3n) is 3.28. The molecule has 0 aliphatic carbocycles. The number of alkyl halides is 1. The minimum absolute atomic E-state index is 0.0565. The zero-order valence-electron chi connectivity index (χ0n) is 12.4. The van der Waals surface area contributed by atoms with E-state index in [1.54, 1.807) is 0 Å². The Morgan fingerprint density at radius 1 is 0.737 bits per heavy atom. The third kappa shape index (κ3) is 17.8. The summed E-state index contributed by atoms with van der Waals surface area (Å²) in [5.41, 5.74) is 0. The number of aliphatic hydroxyl groups is 2. The van der Waals surface area contributed by atoms with Crippen molar-refractivity contribution >= 4 is 0 Å². The molecule has 4 heteroatoms. The molecule has 0 aliphatic rings. The molecule has 116 valence electrons. The predicted octanol–water partition coefficient (Wildman–Crippen LogP) is 4.27. The van der Waals surface area contributed by atoms with Gasteiger partial charge in [0.05, 0.1) is 6.61 Å². The Morgan fingerprint density at radius 3 is 1.47 bits per heavy atom. The van der Waals surface area contributed by atoms with Crippen LogP contribution in [0, 0.1) is 0 Å². The van der Waals surface area contributed by atoms with Crippen LogP contribution in [-0.4, -0.2) is 23.0 Å². The van der Waals surface area contributed by atoms with Crippen LogP contribution in [-0.2, 0) is 4.74 Å². The van der Waals surface area contributed by atoms with E-state index in [0.29, 0.717) is 6.42 Å². The topological polar surface area (TPSA) is 49.7 Å². The van der Waals surface area contributed by atoms with Gasteiger partial charge in [0, 0.05) is 0 Å². The molecule has 0 aromatic carbocycles. The average molecular weight is 278 g/mol. The van der Waals surface area contributed by atoms with Gasteiger partial charge < -0.3 is 10.2 Å². The Kier molecular flexibility index (Phi) is 12.7. The lowest BCUT2D eigenvalue weighted by molar-refractivity contribution is -0.414. The summed E-state index contributed by atoms with van der Waals surface area (Å²) in [6.07, 6.45) is 11.2. The predicted molar refractivity (Wildman–Crippen MR) is 75.3 cm³/mol. The first-order chi connectivity index (χ1) is 9.06. The fourth-order valence-electron chi connectivity index (χ4n) is 2.15. The van der Waals surface area contributed by atoms with E-state index in [2.05, 4.69) is 11.7 Å². The summed E-state index contributed by atoms with van der Waals surface area (Å²) in [6, 6.07) is 0. The van der Waals surface area contributed by atoms with Crippen LogP contribution in [0.15, 0.2) is 0 Å². The van der Waals surface area contributed by atoms with E-state index in [1.807, 2.05) is 0 Å². The average Bonchev–Trinajstić information content (AvgIpc) is 2.34. The van der Waals surface area contributed by atoms with Gasteiger partial charge in [0.15, 0.2) is 0 Å². The molecule has 0 aromatic rings. The second-order valence-electron chi connectivity index (χ2n) is 5.27. The van der Waals surface area contributed by atoms with Gasteiger partial charge in [-0.3, -0.25) is 4.74 Å². The van der Waals surface area contributed by atoms with Crippen molar-refractivity contribution in [2.45, 2.75) is 90.2 Å². The van der Waals surface area contributed by atoms with Crippen molar-refractivity contribution in [2.75, 3.05) is 6.61 Å². The minimum Gasteiger partial charge on any atom is -0.315 e. The Hall–Kier alpha value is -0.190. The van der Waals surface area contributed by atoms with Crippen LogP contribution in [0.4, 0.5) is 4.39 Å². The molecule has 0 aromatic heterocycles. The SMILES string of the molecule is CCCCCCCCCCCCCCOC(O)(O)F. The quantitative estimate of drug-likeness (QED) is 0.368. The first-order valence-corrected chi connectivity index (χ1v) is 7.84. The lowest BCUT2D eigenvalue weighted by Gasteiger charge is -2.11. The highest BCUT2D eigenvalue weighted by Gasteiger charge is 2.21. The summed E-state index contributed by atoms with van der Waals surface area (Å²) in [5, 5.41) is 16.5. The van der Waals surface area contributed by atoms with E-state index >= 15 is 0 Å². The third-order valence-corrected chi connectivity index (χ3v) is 3.28. The van der Waals surface area contributed by atoms with Crippen LogP contribution < -0.4 is 0 Å². The minimum atomic E-state index is -3.46. The van der Waals surface area contributed by atoms with Gasteiger partial charge in [-0.15, -0.1) is 0 Å². The van der Waals surface area contributed by atoms with E-state index < -0.39 is 6.23 Å². The van der Waals surface area contributed by atoms with Gasteiger partial charge in [-0.2, -0.15) is 4.39 Å². The molecule has 19 heavy (non-hydrogen) atoms. The van der Waals surface area contributed by atoms with Crippen molar-refractivity contribution in [1.82, 2.24) is 0 Å². The number of unbranched alkanes of at least 4 members (excludes halogenated alkanes) is 11. The molecule has 0 saturated carbocycles. The Morgan fingerprint density at radius 2 is 1.11 bits per heavy atom. The van der Waals surface area contributed by atoms with Crippen molar-refractivity contribution in [3.05, 3.63) is 0 Å². The van der Waals surface area contributed by atoms with Crippen LogP contribution in [0.5, 0.6) is 0 Å². The fourth-order valence-corrected chi connectivity index (χ4v) is 2.15. The zero-order valence-corrected chi connectivity index (χ0v) is 12.4. The Bertz CT molecular complexity index is 181. The van der Waals surface area contributed by atoms with Gasteiger partial charge in [-0.25, -0.2) is 0 Å². The Balaban J connectivity index is 2.99. The van der Waals surface area contributed by atoms with Gasteiger partial charge in [0.1, 0.15) is 0 Å². The number of ether oxygens (including phenoxy) is 1. The van der Waals surface area contributed by atoms with Crippen LogP contribution in [0.1, 0.15) is 84.0 Å². The summed E-state index contributed by atoms with van der Waals surface area (Å²) in [5.74, 6) is 0. The molecule has 0 amide bonds. The molecule has 0 unspecified atom stereocenters. The van der Waals surface area contributed by atoms with Gasteiger partial charge in [-0.1, -0.05) is 77.6 Å². The Labute approximate surface area is 117 Å². The normalized spacial score (nSPS) is 12.0. The van der Waals surface area contributed by atoms with E-state index in [-0.39, 0.29) is 6.61 Å². The summed E-state index contributed by atoms with van der Waals surface area (Å²) in [7, 11) is 0. The van der Waals surface area contributed by atoms with Gasteiger partial charge >= 0.3 is 6.23 Å². The number of halogens is 1. The maximum atomic E-state index is 12.1. The van der Waals surface area contributed by atoms with Gasteiger partial charge in [-0.05, 0) is 6.42 Å². The first-order valence-electron chi connectivity index (χ1n) is 7.84. The van der Waals surface area contributed by atoms with Crippen LogP contribution >= 0.6 is 0 Å². The summed E-state index contributed by atoms with van der Waals surface area (Å²) >= 11 is 0. The van der Waals surface area contributed by atoms with Gasteiger partial charge in [0.25, 0.3) is 0 Å². The molecule has 0 saturated heterocycles. The van der Waals surface area contributed by atoms with Gasteiger partial charge in [0.2, 0.25) is 0 Å². The number of hydrogen-bond donors (Lipinski definition) is 2. The van der Waals surface area contributed by atoms with E-state index in [9.17, 15) is 4.39 Å². The lowest BCUT2D eigenvalue weighted by atomic mass is 10.1. The van der Waals surface area contributed by atoms with E-state index in [1.165, 1.54) is 57.8 Å². The molecule has 3 nitrogen and oxygen atoms in total. The smallest absolute Gasteiger partial charge is 0.315 e. The fraction of sp³-hybridized carbons (Fsp3) is 1.00. The summed E-state index contributed by atoms with van der Waals surface area (Å²) < 4.78 is 16.3. The summed E-state index contributed by atoms with van der Waals surface area (Å²) in [6.45, 7) is 2.29. The highest BCUT2D eigenvalue weighted by atomic mass is 19.2. The molecule has 0 atom stereocenters. The molecule has 0 rings (SSSR count). The second kappa shape index (κ2) is 12.8. The molecule has 2 N–H and O–H groups in total. The molecule has 0 spiro atoms. The molecule has 0 fully saturated rings. The number of hydrogen-bond acceptors (Lipinski definition) is 3. The molecular formula is C15H31FO3. The first kappa shape index (κ1) is 18.8. The van der Waals surface area contributed by atoms with Crippen molar-refractivity contribution in [3.63, 3.8) is 0 Å².